The predicted molar refractivity (Wildman–Crippen MR) is 104 cm³/mol. The molecule has 1 amide bonds. The maximum atomic E-state index is 12.7. The number of alkyl halides is 6. The first-order chi connectivity index (χ1) is 15.4. The molecule has 0 N–H and O–H groups in total. The Morgan fingerprint density at radius 2 is 1.58 bits per heavy atom. The van der Waals surface area contributed by atoms with Crippen molar-refractivity contribution in [2.45, 2.75) is 18.4 Å². The van der Waals surface area contributed by atoms with Gasteiger partial charge in [-0.2, -0.15) is 31.3 Å². The number of carbonyl (C=O) groups excluding carboxylic acids is 1. The van der Waals surface area contributed by atoms with Gasteiger partial charge in [-0.15, -0.1) is 0 Å². The number of hydrogen-bond donors (Lipinski definition) is 0. The number of halogens is 6. The fraction of sp³-hybridized carbons (Fsp3) is 0.286. The van der Waals surface area contributed by atoms with E-state index in [-0.39, 0.29) is 23.3 Å². The second-order valence-corrected chi connectivity index (χ2v) is 7.52. The van der Waals surface area contributed by atoms with Crippen molar-refractivity contribution < 1.29 is 35.7 Å². The Kier molecular flexibility index (Phi) is 5.54. The minimum Gasteiger partial charge on any atom is -0.368 e. The predicted octanol–water partition coefficient (Wildman–Crippen LogP) is 4.74. The summed E-state index contributed by atoms with van der Waals surface area (Å²) in [5.41, 5.74) is 0.454. The summed E-state index contributed by atoms with van der Waals surface area (Å²) < 4.78 is 80.1. The molecular formula is C21H16F6N4O2. The van der Waals surface area contributed by atoms with E-state index in [4.69, 9.17) is 0 Å². The molecule has 0 saturated carbocycles. The number of aromatic nitrogens is 2. The van der Waals surface area contributed by atoms with E-state index >= 15 is 0 Å². The monoisotopic (exact) mass is 470 g/mol. The largest absolute Gasteiger partial charge is 0.471 e. The van der Waals surface area contributed by atoms with Gasteiger partial charge in [0, 0.05) is 37.0 Å². The van der Waals surface area contributed by atoms with Crippen molar-refractivity contribution in [1.82, 2.24) is 15.0 Å². The minimum absolute atomic E-state index is 0.0312. The molecule has 0 atom stereocenters. The van der Waals surface area contributed by atoms with Gasteiger partial charge in [-0.05, 0) is 48.5 Å². The number of likely N-dealkylation sites (tertiary alicyclic amines) is 1. The third-order valence-electron chi connectivity index (χ3n) is 5.36. The topological polar surface area (TPSA) is 62.5 Å². The SMILES string of the molecule is CN(c1ccc(-c2noc(C(F)(F)F)n2)cc1)C1CN(C(=O)c2ccc(C(F)(F)F)cc2)C1. The van der Waals surface area contributed by atoms with Crippen LogP contribution in [0.4, 0.5) is 32.0 Å². The third kappa shape index (κ3) is 4.64. The minimum atomic E-state index is -4.72. The van der Waals surface area contributed by atoms with E-state index in [0.717, 1.165) is 30.0 Å². The van der Waals surface area contributed by atoms with Crippen LogP contribution < -0.4 is 4.90 Å². The highest BCUT2D eigenvalue weighted by Gasteiger charge is 2.39. The molecule has 2 heterocycles. The Morgan fingerprint density at radius 3 is 2.09 bits per heavy atom. The van der Waals surface area contributed by atoms with Crippen LogP contribution in [0.5, 0.6) is 0 Å². The van der Waals surface area contributed by atoms with Gasteiger partial charge in [0.05, 0.1) is 11.6 Å². The van der Waals surface area contributed by atoms with Crippen LogP contribution in [0.1, 0.15) is 21.8 Å². The van der Waals surface area contributed by atoms with Crippen LogP contribution in [0.25, 0.3) is 11.4 Å². The van der Waals surface area contributed by atoms with Crippen molar-refractivity contribution in [3.05, 3.63) is 65.5 Å². The Bertz CT molecular complexity index is 1130. The highest BCUT2D eigenvalue weighted by Crippen LogP contribution is 2.31. The van der Waals surface area contributed by atoms with E-state index in [1.807, 2.05) is 4.90 Å². The molecule has 0 radical (unpaired) electrons. The quantitative estimate of drug-likeness (QED) is 0.516. The van der Waals surface area contributed by atoms with Gasteiger partial charge in [0.2, 0.25) is 5.82 Å². The highest BCUT2D eigenvalue weighted by atomic mass is 19.4. The number of carbonyl (C=O) groups is 1. The Morgan fingerprint density at radius 1 is 0.970 bits per heavy atom. The summed E-state index contributed by atoms with van der Waals surface area (Å²) in [5, 5.41) is 3.34. The first-order valence-electron chi connectivity index (χ1n) is 9.64. The Labute approximate surface area is 183 Å². The Hall–Kier alpha value is -3.57. The van der Waals surface area contributed by atoms with Crippen LogP contribution in [-0.2, 0) is 12.4 Å². The maximum absolute atomic E-state index is 12.7. The maximum Gasteiger partial charge on any atom is 0.471 e. The molecule has 1 fully saturated rings. The van der Waals surface area contributed by atoms with Crippen molar-refractivity contribution in [3.8, 4) is 11.4 Å². The molecule has 2 aromatic carbocycles. The molecule has 174 valence electrons. The van der Waals surface area contributed by atoms with Crippen LogP contribution in [0.2, 0.25) is 0 Å². The molecule has 4 rings (SSSR count). The standard InChI is InChI=1S/C21H16F6N4O2/c1-30(15-8-4-12(5-9-15)17-28-19(33-29-17)21(25,26)27)16-10-31(11-16)18(32)13-2-6-14(7-3-13)20(22,23)24/h2-9,16H,10-11H2,1H3. The van der Waals surface area contributed by atoms with Crippen molar-refractivity contribution in [2.24, 2.45) is 0 Å². The van der Waals surface area contributed by atoms with Crippen LogP contribution in [0.3, 0.4) is 0 Å². The van der Waals surface area contributed by atoms with E-state index < -0.39 is 23.8 Å². The molecule has 1 aromatic heterocycles. The number of amides is 1. The molecule has 1 saturated heterocycles. The van der Waals surface area contributed by atoms with Crippen LogP contribution >= 0.6 is 0 Å². The molecule has 0 spiro atoms. The first kappa shape index (κ1) is 22.6. The molecule has 12 heteroatoms. The van der Waals surface area contributed by atoms with E-state index in [0.29, 0.717) is 18.7 Å². The normalized spacial score (nSPS) is 14.8. The number of hydrogen-bond acceptors (Lipinski definition) is 5. The van der Waals surface area contributed by atoms with E-state index in [2.05, 4.69) is 14.7 Å². The number of likely N-dealkylation sites (N-methyl/N-ethyl adjacent to an activating group) is 1. The van der Waals surface area contributed by atoms with Gasteiger partial charge < -0.3 is 14.3 Å². The summed E-state index contributed by atoms with van der Waals surface area (Å²) in [6.45, 7) is 0.746. The van der Waals surface area contributed by atoms with E-state index in [9.17, 15) is 31.1 Å². The summed E-state index contributed by atoms with van der Waals surface area (Å²) in [4.78, 5) is 19.3. The van der Waals surface area contributed by atoms with Gasteiger partial charge in [0.1, 0.15) is 0 Å². The average Bonchev–Trinajstić information content (AvgIpc) is 3.23. The molecule has 33 heavy (non-hydrogen) atoms. The second-order valence-electron chi connectivity index (χ2n) is 7.52. The van der Waals surface area contributed by atoms with Crippen molar-refractivity contribution >= 4 is 11.6 Å². The number of benzene rings is 2. The molecule has 6 nitrogen and oxygen atoms in total. The molecular weight excluding hydrogens is 454 g/mol. The lowest BCUT2D eigenvalue weighted by atomic mass is 10.0. The van der Waals surface area contributed by atoms with Crippen molar-refractivity contribution in [3.63, 3.8) is 0 Å². The lowest BCUT2D eigenvalue weighted by molar-refractivity contribution is -0.159. The van der Waals surface area contributed by atoms with Crippen LogP contribution in [0, 0.1) is 0 Å². The van der Waals surface area contributed by atoms with Crippen molar-refractivity contribution in [1.29, 1.82) is 0 Å². The molecule has 1 aliphatic rings. The van der Waals surface area contributed by atoms with Gasteiger partial charge in [0.25, 0.3) is 5.91 Å². The lowest BCUT2D eigenvalue weighted by Gasteiger charge is -2.45. The zero-order chi connectivity index (χ0) is 24.0. The summed E-state index contributed by atoms with van der Waals surface area (Å²) in [7, 11) is 1.80. The van der Waals surface area contributed by atoms with Gasteiger partial charge in [-0.3, -0.25) is 4.79 Å². The number of rotatable bonds is 4. The summed E-state index contributed by atoms with van der Waals surface area (Å²) in [5.74, 6) is -1.97. The highest BCUT2D eigenvalue weighted by molar-refractivity contribution is 5.95. The lowest BCUT2D eigenvalue weighted by Crippen LogP contribution is -2.60. The van der Waals surface area contributed by atoms with Gasteiger partial charge in [0.15, 0.2) is 0 Å². The van der Waals surface area contributed by atoms with Gasteiger partial charge >= 0.3 is 18.2 Å². The van der Waals surface area contributed by atoms with Crippen LogP contribution in [-0.4, -0.2) is 47.1 Å². The zero-order valence-electron chi connectivity index (χ0n) is 17.0. The van der Waals surface area contributed by atoms with Crippen LogP contribution in [0.15, 0.2) is 53.1 Å². The molecule has 1 aliphatic heterocycles. The fourth-order valence-electron chi connectivity index (χ4n) is 3.36. The summed E-state index contributed by atoms with van der Waals surface area (Å²) >= 11 is 0. The molecule has 0 aliphatic carbocycles. The average molecular weight is 470 g/mol. The number of nitrogens with zero attached hydrogens (tertiary/aromatic N) is 4. The fourth-order valence-corrected chi connectivity index (χ4v) is 3.36. The number of anilines is 1. The van der Waals surface area contributed by atoms with Gasteiger partial charge in [-0.1, -0.05) is 5.16 Å². The summed E-state index contributed by atoms with van der Waals surface area (Å²) in [6, 6.07) is 10.5. The first-order valence-corrected chi connectivity index (χ1v) is 9.64. The second kappa shape index (κ2) is 8.09. The van der Waals surface area contributed by atoms with E-state index in [1.54, 1.807) is 31.3 Å². The van der Waals surface area contributed by atoms with Crippen molar-refractivity contribution in [2.75, 3.05) is 25.0 Å². The molecule has 3 aromatic rings. The van der Waals surface area contributed by atoms with E-state index in [1.165, 1.54) is 4.90 Å². The zero-order valence-corrected chi connectivity index (χ0v) is 17.0. The smallest absolute Gasteiger partial charge is 0.368 e. The molecule has 0 bridgehead atoms. The third-order valence-corrected chi connectivity index (χ3v) is 5.36. The Balaban J connectivity index is 1.36. The van der Waals surface area contributed by atoms with Gasteiger partial charge in [-0.25, -0.2) is 0 Å². The summed E-state index contributed by atoms with van der Waals surface area (Å²) in [6.07, 6.45) is -9.19. The molecule has 0 unspecified atom stereocenters.